The van der Waals surface area contributed by atoms with Gasteiger partial charge in [-0.05, 0) is 24.6 Å². The van der Waals surface area contributed by atoms with E-state index in [1.54, 1.807) is 6.07 Å². The van der Waals surface area contributed by atoms with E-state index in [0.29, 0.717) is 24.6 Å². The van der Waals surface area contributed by atoms with E-state index in [0.717, 1.165) is 5.56 Å². The molecule has 2 N–H and O–H groups in total. The Hall–Kier alpha value is -1.75. The Morgan fingerprint density at radius 2 is 2.29 bits per heavy atom. The molecule has 0 amide bonds. The van der Waals surface area contributed by atoms with Crippen molar-refractivity contribution in [2.45, 2.75) is 25.8 Å². The molecule has 1 unspecified atom stereocenters. The molecule has 0 aliphatic rings. The van der Waals surface area contributed by atoms with Crippen LogP contribution in [-0.2, 0) is 12.8 Å². The van der Waals surface area contributed by atoms with Crippen molar-refractivity contribution in [1.29, 1.82) is 0 Å². The highest BCUT2D eigenvalue weighted by molar-refractivity contribution is 5.19. The van der Waals surface area contributed by atoms with Gasteiger partial charge < -0.3 is 10.3 Å². The van der Waals surface area contributed by atoms with Crippen molar-refractivity contribution in [2.75, 3.05) is 0 Å². The normalized spacial score (nSPS) is 12.6. The van der Waals surface area contributed by atoms with E-state index in [9.17, 15) is 4.39 Å². The van der Waals surface area contributed by atoms with Crippen molar-refractivity contribution >= 4 is 0 Å². The molecule has 90 valence electrons. The summed E-state index contributed by atoms with van der Waals surface area (Å²) in [6.45, 7) is 1.87. The summed E-state index contributed by atoms with van der Waals surface area (Å²) >= 11 is 0. The number of aromatic nitrogens is 2. The van der Waals surface area contributed by atoms with E-state index in [1.165, 1.54) is 12.1 Å². The van der Waals surface area contributed by atoms with Gasteiger partial charge in [0.25, 0.3) is 0 Å². The molecule has 1 heterocycles. The fourth-order valence-corrected chi connectivity index (χ4v) is 1.55. The van der Waals surface area contributed by atoms with E-state index in [2.05, 4.69) is 10.1 Å². The molecule has 0 fully saturated rings. The predicted molar refractivity (Wildman–Crippen MR) is 60.9 cm³/mol. The maximum Gasteiger partial charge on any atom is 0.228 e. The number of halogens is 1. The van der Waals surface area contributed by atoms with E-state index in [1.807, 2.05) is 13.0 Å². The summed E-state index contributed by atoms with van der Waals surface area (Å²) < 4.78 is 18.0. The van der Waals surface area contributed by atoms with Gasteiger partial charge in [0, 0.05) is 18.9 Å². The van der Waals surface area contributed by atoms with Gasteiger partial charge >= 0.3 is 0 Å². The van der Waals surface area contributed by atoms with E-state index in [-0.39, 0.29) is 11.9 Å². The second kappa shape index (κ2) is 5.05. The monoisotopic (exact) mass is 235 g/mol. The van der Waals surface area contributed by atoms with Crippen LogP contribution in [0.4, 0.5) is 4.39 Å². The minimum absolute atomic E-state index is 0.0162. The van der Waals surface area contributed by atoms with Crippen molar-refractivity contribution in [3.63, 3.8) is 0 Å². The molecular weight excluding hydrogens is 221 g/mol. The molecule has 0 aliphatic carbocycles. The Morgan fingerprint density at radius 1 is 1.47 bits per heavy atom. The summed E-state index contributed by atoms with van der Waals surface area (Å²) in [5.41, 5.74) is 6.45. The fraction of sp³-hybridized carbons (Fsp3) is 0.333. The fourth-order valence-electron chi connectivity index (χ4n) is 1.55. The molecule has 0 bridgehead atoms. The Bertz CT molecular complexity index is 496. The zero-order valence-electron chi connectivity index (χ0n) is 9.56. The van der Waals surface area contributed by atoms with Gasteiger partial charge in [-0.1, -0.05) is 17.3 Å². The first-order valence-corrected chi connectivity index (χ1v) is 5.45. The first kappa shape index (κ1) is 11.7. The lowest BCUT2D eigenvalue weighted by molar-refractivity contribution is 0.367. The first-order chi connectivity index (χ1) is 8.13. The van der Waals surface area contributed by atoms with Crippen LogP contribution in [0.3, 0.4) is 0 Å². The van der Waals surface area contributed by atoms with Crippen molar-refractivity contribution < 1.29 is 8.91 Å². The second-order valence-electron chi connectivity index (χ2n) is 4.09. The van der Waals surface area contributed by atoms with Crippen molar-refractivity contribution in [2.24, 2.45) is 5.73 Å². The molecule has 2 rings (SSSR count). The average molecular weight is 235 g/mol. The molecule has 4 nitrogen and oxygen atoms in total. The summed E-state index contributed by atoms with van der Waals surface area (Å²) in [6, 6.07) is 6.33. The van der Waals surface area contributed by atoms with Crippen LogP contribution in [0.1, 0.15) is 24.2 Å². The summed E-state index contributed by atoms with van der Waals surface area (Å²) in [5.74, 6) is 0.805. The molecule has 0 saturated carbocycles. The first-order valence-electron chi connectivity index (χ1n) is 5.45. The van der Waals surface area contributed by atoms with E-state index < -0.39 is 0 Å². The highest BCUT2D eigenvalue weighted by Crippen LogP contribution is 2.09. The topological polar surface area (TPSA) is 64.9 Å². The van der Waals surface area contributed by atoms with Gasteiger partial charge in [0.2, 0.25) is 5.89 Å². The van der Waals surface area contributed by atoms with E-state index in [4.69, 9.17) is 10.3 Å². The SMILES string of the molecule is CC(N)Cc1nc(Cc2cccc(F)c2)no1. The van der Waals surface area contributed by atoms with Gasteiger partial charge in [0.05, 0.1) is 0 Å². The van der Waals surface area contributed by atoms with Gasteiger partial charge in [-0.25, -0.2) is 4.39 Å². The number of hydrogen-bond donors (Lipinski definition) is 1. The van der Waals surface area contributed by atoms with E-state index >= 15 is 0 Å². The number of hydrogen-bond acceptors (Lipinski definition) is 4. The second-order valence-corrected chi connectivity index (χ2v) is 4.09. The highest BCUT2D eigenvalue weighted by atomic mass is 19.1. The maximum atomic E-state index is 13.0. The molecule has 5 heteroatoms. The van der Waals surface area contributed by atoms with Crippen molar-refractivity contribution in [1.82, 2.24) is 10.1 Å². The highest BCUT2D eigenvalue weighted by Gasteiger charge is 2.09. The molecular formula is C12H14FN3O. The van der Waals surface area contributed by atoms with Crippen LogP contribution in [0.25, 0.3) is 0 Å². The average Bonchev–Trinajstić information content (AvgIpc) is 2.64. The Morgan fingerprint density at radius 3 is 3.00 bits per heavy atom. The zero-order chi connectivity index (χ0) is 12.3. The Balaban J connectivity index is 2.06. The molecule has 17 heavy (non-hydrogen) atoms. The van der Waals surface area contributed by atoms with Crippen LogP contribution in [0, 0.1) is 5.82 Å². The molecule has 1 aromatic carbocycles. The summed E-state index contributed by atoms with van der Waals surface area (Å²) in [6.07, 6.45) is 1.01. The van der Waals surface area contributed by atoms with Crippen LogP contribution in [0.15, 0.2) is 28.8 Å². The standard InChI is InChI=1S/C12H14FN3O/c1-8(14)5-12-15-11(16-17-12)7-9-3-2-4-10(13)6-9/h2-4,6,8H,5,7,14H2,1H3. The van der Waals surface area contributed by atoms with Gasteiger partial charge in [-0.15, -0.1) is 0 Å². The summed E-state index contributed by atoms with van der Waals surface area (Å²) in [7, 11) is 0. The molecule has 1 aromatic heterocycles. The third-order valence-corrected chi connectivity index (χ3v) is 2.26. The van der Waals surface area contributed by atoms with Crippen LogP contribution >= 0.6 is 0 Å². The molecule has 1 atom stereocenters. The van der Waals surface area contributed by atoms with Crippen LogP contribution in [0.5, 0.6) is 0 Å². The molecule has 0 radical (unpaired) electrons. The zero-order valence-corrected chi connectivity index (χ0v) is 9.56. The largest absolute Gasteiger partial charge is 0.339 e. The lowest BCUT2D eigenvalue weighted by Crippen LogP contribution is -2.17. The third-order valence-electron chi connectivity index (χ3n) is 2.26. The predicted octanol–water partition coefficient (Wildman–Crippen LogP) is 1.69. The molecule has 0 aliphatic heterocycles. The third kappa shape index (κ3) is 3.35. The smallest absolute Gasteiger partial charge is 0.228 e. The Kier molecular flexibility index (Phi) is 3.49. The van der Waals surface area contributed by atoms with Gasteiger partial charge in [0.1, 0.15) is 5.82 Å². The van der Waals surface area contributed by atoms with Crippen LogP contribution in [-0.4, -0.2) is 16.2 Å². The van der Waals surface area contributed by atoms with Crippen molar-refractivity contribution in [3.8, 4) is 0 Å². The van der Waals surface area contributed by atoms with Gasteiger partial charge in [-0.3, -0.25) is 0 Å². The summed E-state index contributed by atoms with van der Waals surface area (Å²) in [5, 5.41) is 3.83. The molecule has 0 saturated heterocycles. The molecule has 2 aromatic rings. The van der Waals surface area contributed by atoms with Crippen molar-refractivity contribution in [3.05, 3.63) is 47.4 Å². The number of rotatable bonds is 4. The minimum atomic E-state index is -0.262. The lowest BCUT2D eigenvalue weighted by Gasteiger charge is -1.97. The number of nitrogens with zero attached hydrogens (tertiary/aromatic N) is 2. The van der Waals surface area contributed by atoms with Gasteiger partial charge in [0.15, 0.2) is 5.82 Å². The summed E-state index contributed by atoms with van der Waals surface area (Å²) in [4.78, 5) is 4.20. The molecule has 0 spiro atoms. The number of nitrogens with two attached hydrogens (primary N) is 1. The quantitative estimate of drug-likeness (QED) is 0.875. The van der Waals surface area contributed by atoms with Crippen LogP contribution in [0.2, 0.25) is 0 Å². The minimum Gasteiger partial charge on any atom is -0.339 e. The van der Waals surface area contributed by atoms with Crippen LogP contribution < -0.4 is 5.73 Å². The Labute approximate surface area is 98.6 Å². The lowest BCUT2D eigenvalue weighted by atomic mass is 10.1. The number of benzene rings is 1. The maximum absolute atomic E-state index is 13.0. The van der Waals surface area contributed by atoms with Gasteiger partial charge in [-0.2, -0.15) is 4.98 Å².